The third-order valence-corrected chi connectivity index (χ3v) is 2.97. The Balaban J connectivity index is 2.06. The van der Waals surface area contributed by atoms with Gasteiger partial charge >= 0.3 is 0 Å². The number of aryl methyl sites for hydroxylation is 1. The SMILES string of the molecule is Cc1cnc(C(=O)N2CCOC(C(C)N)C2)cn1. The van der Waals surface area contributed by atoms with Gasteiger partial charge in [-0.3, -0.25) is 9.78 Å². The average molecular weight is 250 g/mol. The van der Waals surface area contributed by atoms with Crippen LogP contribution in [-0.2, 0) is 4.74 Å². The first-order chi connectivity index (χ1) is 8.58. The second-order valence-corrected chi connectivity index (χ2v) is 4.56. The molecular weight excluding hydrogens is 232 g/mol. The molecule has 1 fully saturated rings. The molecule has 2 unspecified atom stereocenters. The maximum Gasteiger partial charge on any atom is 0.274 e. The van der Waals surface area contributed by atoms with Gasteiger partial charge in [-0.25, -0.2) is 4.98 Å². The van der Waals surface area contributed by atoms with Crippen LogP contribution >= 0.6 is 0 Å². The van der Waals surface area contributed by atoms with E-state index < -0.39 is 0 Å². The molecule has 1 amide bonds. The third-order valence-electron chi connectivity index (χ3n) is 2.97. The van der Waals surface area contributed by atoms with Crippen molar-refractivity contribution in [2.75, 3.05) is 19.7 Å². The topological polar surface area (TPSA) is 81.3 Å². The van der Waals surface area contributed by atoms with Crippen LogP contribution in [0.3, 0.4) is 0 Å². The molecule has 2 N–H and O–H groups in total. The number of carbonyl (C=O) groups excluding carboxylic acids is 1. The fraction of sp³-hybridized carbons (Fsp3) is 0.583. The highest BCUT2D eigenvalue weighted by molar-refractivity contribution is 5.92. The van der Waals surface area contributed by atoms with Gasteiger partial charge in [0.25, 0.3) is 5.91 Å². The summed E-state index contributed by atoms with van der Waals surface area (Å²) in [6, 6.07) is -0.0929. The normalized spacial score (nSPS) is 21.7. The Labute approximate surface area is 106 Å². The van der Waals surface area contributed by atoms with Gasteiger partial charge in [-0.1, -0.05) is 0 Å². The molecule has 2 heterocycles. The summed E-state index contributed by atoms with van der Waals surface area (Å²) in [6.07, 6.45) is 2.99. The predicted molar refractivity (Wildman–Crippen MR) is 66.1 cm³/mol. The summed E-state index contributed by atoms with van der Waals surface area (Å²) in [5.74, 6) is -0.114. The fourth-order valence-electron chi connectivity index (χ4n) is 1.84. The van der Waals surface area contributed by atoms with E-state index in [4.69, 9.17) is 10.5 Å². The molecule has 6 heteroatoms. The first-order valence-electron chi connectivity index (χ1n) is 6.03. The number of hydrogen-bond donors (Lipinski definition) is 1. The number of rotatable bonds is 2. The number of carbonyl (C=O) groups is 1. The Kier molecular flexibility index (Phi) is 3.88. The molecule has 0 spiro atoms. The van der Waals surface area contributed by atoms with Crippen LogP contribution in [0.2, 0.25) is 0 Å². The predicted octanol–water partition coefficient (Wildman–Crippen LogP) is -0.0268. The lowest BCUT2D eigenvalue weighted by molar-refractivity contribution is -0.0301. The lowest BCUT2D eigenvalue weighted by Crippen LogP contribution is -2.51. The molecule has 1 aliphatic heterocycles. The molecule has 0 saturated carbocycles. The van der Waals surface area contributed by atoms with E-state index in [1.165, 1.54) is 6.20 Å². The molecule has 0 bridgehead atoms. The van der Waals surface area contributed by atoms with Crippen molar-refractivity contribution in [2.24, 2.45) is 5.73 Å². The number of ether oxygens (including phenoxy) is 1. The van der Waals surface area contributed by atoms with Gasteiger partial charge in [0.15, 0.2) is 0 Å². The summed E-state index contributed by atoms with van der Waals surface area (Å²) < 4.78 is 5.52. The van der Waals surface area contributed by atoms with E-state index in [1.807, 2.05) is 13.8 Å². The van der Waals surface area contributed by atoms with Gasteiger partial charge in [0, 0.05) is 25.3 Å². The minimum atomic E-state index is -0.114. The molecule has 2 atom stereocenters. The van der Waals surface area contributed by atoms with E-state index >= 15 is 0 Å². The Morgan fingerprint density at radius 3 is 2.94 bits per heavy atom. The zero-order valence-electron chi connectivity index (χ0n) is 10.7. The summed E-state index contributed by atoms with van der Waals surface area (Å²) in [6.45, 7) is 5.30. The number of amides is 1. The van der Waals surface area contributed by atoms with Gasteiger partial charge in [0.05, 0.1) is 24.6 Å². The lowest BCUT2D eigenvalue weighted by atomic mass is 10.1. The smallest absolute Gasteiger partial charge is 0.274 e. The monoisotopic (exact) mass is 250 g/mol. The van der Waals surface area contributed by atoms with Gasteiger partial charge < -0.3 is 15.4 Å². The zero-order chi connectivity index (χ0) is 13.1. The van der Waals surface area contributed by atoms with Gasteiger partial charge in [-0.05, 0) is 13.8 Å². The molecule has 1 saturated heterocycles. The molecule has 0 aliphatic carbocycles. The molecule has 98 valence electrons. The first kappa shape index (κ1) is 12.9. The van der Waals surface area contributed by atoms with Crippen molar-refractivity contribution in [1.82, 2.24) is 14.9 Å². The number of morpholine rings is 1. The average Bonchev–Trinajstić information content (AvgIpc) is 2.39. The molecule has 0 radical (unpaired) electrons. The maximum absolute atomic E-state index is 12.2. The van der Waals surface area contributed by atoms with Crippen LogP contribution in [0.1, 0.15) is 23.1 Å². The van der Waals surface area contributed by atoms with Gasteiger partial charge in [0.2, 0.25) is 0 Å². The molecule has 6 nitrogen and oxygen atoms in total. The third kappa shape index (κ3) is 2.83. The van der Waals surface area contributed by atoms with Crippen LogP contribution in [0.25, 0.3) is 0 Å². The maximum atomic E-state index is 12.2. The van der Waals surface area contributed by atoms with Crippen LogP contribution in [0, 0.1) is 6.92 Å². The first-order valence-corrected chi connectivity index (χ1v) is 6.03. The molecular formula is C12H18N4O2. The zero-order valence-corrected chi connectivity index (χ0v) is 10.7. The van der Waals surface area contributed by atoms with Crippen molar-refractivity contribution in [3.63, 3.8) is 0 Å². The van der Waals surface area contributed by atoms with E-state index in [2.05, 4.69) is 9.97 Å². The summed E-state index contributed by atoms with van der Waals surface area (Å²) in [4.78, 5) is 22.1. The van der Waals surface area contributed by atoms with Gasteiger partial charge in [0.1, 0.15) is 5.69 Å². The molecule has 0 aromatic carbocycles. The quantitative estimate of drug-likeness (QED) is 0.797. The van der Waals surface area contributed by atoms with Crippen molar-refractivity contribution in [1.29, 1.82) is 0 Å². The number of aromatic nitrogens is 2. The second-order valence-electron chi connectivity index (χ2n) is 4.56. The Hall–Kier alpha value is -1.53. The van der Waals surface area contributed by atoms with Gasteiger partial charge in [-0.2, -0.15) is 0 Å². The second kappa shape index (κ2) is 5.41. The highest BCUT2D eigenvalue weighted by Crippen LogP contribution is 2.10. The fourth-order valence-corrected chi connectivity index (χ4v) is 1.84. The van der Waals surface area contributed by atoms with Crippen molar-refractivity contribution < 1.29 is 9.53 Å². The summed E-state index contributed by atoms with van der Waals surface area (Å²) in [5, 5.41) is 0. The van der Waals surface area contributed by atoms with Gasteiger partial charge in [-0.15, -0.1) is 0 Å². The van der Waals surface area contributed by atoms with E-state index in [0.717, 1.165) is 5.69 Å². The van der Waals surface area contributed by atoms with Crippen LogP contribution in [0.15, 0.2) is 12.4 Å². The van der Waals surface area contributed by atoms with Crippen LogP contribution in [-0.4, -0.2) is 52.6 Å². The highest BCUT2D eigenvalue weighted by atomic mass is 16.5. The van der Waals surface area contributed by atoms with E-state index in [9.17, 15) is 4.79 Å². The van der Waals surface area contributed by atoms with Crippen molar-refractivity contribution >= 4 is 5.91 Å². The summed E-state index contributed by atoms with van der Waals surface area (Å²) in [7, 11) is 0. The Bertz CT molecular complexity index is 419. The molecule has 1 aliphatic rings. The van der Waals surface area contributed by atoms with Crippen LogP contribution in [0.5, 0.6) is 0 Å². The van der Waals surface area contributed by atoms with E-state index in [1.54, 1.807) is 11.1 Å². The minimum absolute atomic E-state index is 0.0929. The van der Waals surface area contributed by atoms with Crippen LogP contribution < -0.4 is 5.73 Å². The largest absolute Gasteiger partial charge is 0.373 e. The van der Waals surface area contributed by atoms with E-state index in [-0.39, 0.29) is 18.1 Å². The highest BCUT2D eigenvalue weighted by Gasteiger charge is 2.27. The number of nitrogens with two attached hydrogens (primary N) is 1. The summed E-state index contributed by atoms with van der Waals surface area (Å²) in [5.41, 5.74) is 6.96. The molecule has 1 aromatic heterocycles. The van der Waals surface area contributed by atoms with Crippen molar-refractivity contribution in [2.45, 2.75) is 26.0 Å². The Morgan fingerprint density at radius 1 is 1.56 bits per heavy atom. The lowest BCUT2D eigenvalue weighted by Gasteiger charge is -2.34. The molecule has 18 heavy (non-hydrogen) atoms. The Morgan fingerprint density at radius 2 is 2.33 bits per heavy atom. The van der Waals surface area contributed by atoms with E-state index in [0.29, 0.717) is 25.4 Å². The number of hydrogen-bond acceptors (Lipinski definition) is 5. The van der Waals surface area contributed by atoms with Crippen molar-refractivity contribution in [3.05, 3.63) is 23.8 Å². The van der Waals surface area contributed by atoms with Crippen LogP contribution in [0.4, 0.5) is 0 Å². The standard InChI is InChI=1S/C12H18N4O2/c1-8-5-15-10(6-14-8)12(17)16-3-4-18-11(7-16)9(2)13/h5-6,9,11H,3-4,7,13H2,1-2H3. The summed E-state index contributed by atoms with van der Waals surface area (Å²) >= 11 is 0. The minimum Gasteiger partial charge on any atom is -0.373 e. The molecule has 2 rings (SSSR count). The van der Waals surface area contributed by atoms with Crippen molar-refractivity contribution in [3.8, 4) is 0 Å². The molecule has 1 aromatic rings. The number of nitrogens with zero attached hydrogens (tertiary/aromatic N) is 3.